The molecule has 0 saturated carbocycles. The lowest BCUT2D eigenvalue weighted by atomic mass is 9.94. The molecule has 0 fully saturated rings. The monoisotopic (exact) mass is 227 g/mol. The number of Topliss-reactive ketones (excluding diaryl/α,β-unsaturated/α-hetero) is 2. The lowest BCUT2D eigenvalue weighted by molar-refractivity contribution is -0.154. The van der Waals surface area contributed by atoms with Gasteiger partial charge in [0.15, 0.2) is 0 Å². The van der Waals surface area contributed by atoms with Crippen LogP contribution in [0.5, 0.6) is 0 Å². The van der Waals surface area contributed by atoms with E-state index in [-0.39, 0.29) is 0 Å². The van der Waals surface area contributed by atoms with Gasteiger partial charge in [0.2, 0.25) is 11.5 Å². The molecule has 5 heteroatoms. The number of hydrogen-bond acceptors (Lipinski definition) is 5. The lowest BCUT2D eigenvalue weighted by Crippen LogP contribution is -2.56. The SMILES string of the molecule is CCOC1(C)NC=C(C(C)OC)C(=O)C1=O. The molecule has 0 aromatic heterocycles. The van der Waals surface area contributed by atoms with Crippen LogP contribution in [0, 0.1) is 0 Å². The van der Waals surface area contributed by atoms with Gasteiger partial charge < -0.3 is 14.8 Å². The molecule has 16 heavy (non-hydrogen) atoms. The Labute approximate surface area is 94.8 Å². The topological polar surface area (TPSA) is 64.6 Å². The lowest BCUT2D eigenvalue weighted by Gasteiger charge is -2.32. The highest BCUT2D eigenvalue weighted by Crippen LogP contribution is 2.19. The highest BCUT2D eigenvalue weighted by molar-refractivity contribution is 6.46. The summed E-state index contributed by atoms with van der Waals surface area (Å²) < 4.78 is 10.3. The average molecular weight is 227 g/mol. The summed E-state index contributed by atoms with van der Waals surface area (Å²) in [6, 6.07) is 0. The summed E-state index contributed by atoms with van der Waals surface area (Å²) in [6.07, 6.45) is 1.09. The normalized spacial score (nSPS) is 27.4. The molecule has 1 aliphatic heterocycles. The molecule has 0 aromatic rings. The van der Waals surface area contributed by atoms with E-state index in [1.54, 1.807) is 20.8 Å². The van der Waals surface area contributed by atoms with Gasteiger partial charge in [-0.25, -0.2) is 0 Å². The fourth-order valence-electron chi connectivity index (χ4n) is 1.52. The minimum Gasteiger partial charge on any atom is -0.377 e. The zero-order valence-corrected chi connectivity index (χ0v) is 9.99. The summed E-state index contributed by atoms with van der Waals surface area (Å²) in [6.45, 7) is 5.37. The van der Waals surface area contributed by atoms with Crippen LogP contribution < -0.4 is 5.32 Å². The minimum atomic E-state index is -1.25. The van der Waals surface area contributed by atoms with Crippen LogP contribution >= 0.6 is 0 Å². The maximum Gasteiger partial charge on any atom is 0.255 e. The van der Waals surface area contributed by atoms with Crippen LogP contribution in [0.3, 0.4) is 0 Å². The summed E-state index contributed by atoms with van der Waals surface area (Å²) in [5, 5.41) is 2.81. The molecule has 1 heterocycles. The van der Waals surface area contributed by atoms with Gasteiger partial charge in [-0.15, -0.1) is 0 Å². The van der Waals surface area contributed by atoms with Gasteiger partial charge in [-0.1, -0.05) is 0 Å². The Morgan fingerprint density at radius 2 is 2.12 bits per heavy atom. The third-order valence-corrected chi connectivity index (χ3v) is 2.63. The summed E-state index contributed by atoms with van der Waals surface area (Å²) in [7, 11) is 1.49. The second-order valence-corrected chi connectivity index (χ2v) is 3.75. The first-order chi connectivity index (χ1) is 7.46. The predicted molar refractivity (Wildman–Crippen MR) is 57.7 cm³/mol. The highest BCUT2D eigenvalue weighted by Gasteiger charge is 2.43. The molecule has 5 nitrogen and oxygen atoms in total. The molecule has 2 unspecified atom stereocenters. The average Bonchev–Trinajstić information content (AvgIpc) is 2.26. The molecule has 0 aromatic carbocycles. The largest absolute Gasteiger partial charge is 0.377 e. The number of nitrogens with one attached hydrogen (secondary N) is 1. The van der Waals surface area contributed by atoms with Crippen molar-refractivity contribution < 1.29 is 19.1 Å². The number of ether oxygens (including phenoxy) is 2. The molecule has 2 atom stereocenters. The Morgan fingerprint density at radius 3 is 2.62 bits per heavy atom. The second kappa shape index (κ2) is 4.76. The first kappa shape index (κ1) is 12.9. The van der Waals surface area contributed by atoms with E-state index in [1.165, 1.54) is 13.3 Å². The zero-order chi connectivity index (χ0) is 12.3. The van der Waals surface area contributed by atoms with Crippen LogP contribution in [0.1, 0.15) is 20.8 Å². The number of carbonyl (C=O) groups is 2. The molecule has 0 bridgehead atoms. The van der Waals surface area contributed by atoms with Crippen molar-refractivity contribution in [2.45, 2.75) is 32.6 Å². The molecule has 1 aliphatic rings. The van der Waals surface area contributed by atoms with Crippen LogP contribution in [0.25, 0.3) is 0 Å². The predicted octanol–water partition coefficient (Wildman–Crippen LogP) is 0.399. The highest BCUT2D eigenvalue weighted by atomic mass is 16.5. The van der Waals surface area contributed by atoms with Gasteiger partial charge in [-0.05, 0) is 20.8 Å². The van der Waals surface area contributed by atoms with Gasteiger partial charge in [0.05, 0.1) is 6.10 Å². The molecule has 0 aliphatic carbocycles. The van der Waals surface area contributed by atoms with Gasteiger partial charge in [0, 0.05) is 25.5 Å². The van der Waals surface area contributed by atoms with Gasteiger partial charge in [0.25, 0.3) is 5.78 Å². The van der Waals surface area contributed by atoms with Crippen LogP contribution in [0.15, 0.2) is 11.8 Å². The van der Waals surface area contributed by atoms with Gasteiger partial charge in [0.1, 0.15) is 0 Å². The summed E-state index contributed by atoms with van der Waals surface area (Å²) in [5.74, 6) is -1.14. The molecular formula is C11H17NO4. The van der Waals surface area contributed by atoms with Crippen molar-refractivity contribution in [3.63, 3.8) is 0 Å². The number of rotatable bonds is 4. The van der Waals surface area contributed by atoms with E-state index < -0.39 is 23.4 Å². The Kier molecular flexibility index (Phi) is 3.83. The summed E-state index contributed by atoms with van der Waals surface area (Å²) >= 11 is 0. The Morgan fingerprint density at radius 1 is 1.50 bits per heavy atom. The Bertz CT molecular complexity index is 337. The van der Waals surface area contributed by atoms with Gasteiger partial charge in [-0.3, -0.25) is 9.59 Å². The number of methoxy groups -OCH3 is 1. The molecule has 0 radical (unpaired) electrons. The Balaban J connectivity index is 2.96. The first-order valence-electron chi connectivity index (χ1n) is 5.20. The zero-order valence-electron chi connectivity index (χ0n) is 9.99. The maximum atomic E-state index is 11.8. The fraction of sp³-hybridized carbons (Fsp3) is 0.636. The molecule has 1 N–H and O–H groups in total. The summed E-state index contributed by atoms with van der Waals surface area (Å²) in [5.41, 5.74) is -0.923. The van der Waals surface area contributed by atoms with E-state index in [0.29, 0.717) is 12.2 Å². The van der Waals surface area contributed by atoms with Crippen LogP contribution in [0.4, 0.5) is 0 Å². The van der Waals surface area contributed by atoms with E-state index in [1.807, 2.05) is 0 Å². The number of carbonyl (C=O) groups excluding carboxylic acids is 2. The number of hydrogen-bond donors (Lipinski definition) is 1. The molecule has 90 valence electrons. The van der Waals surface area contributed by atoms with Crippen molar-refractivity contribution in [2.24, 2.45) is 0 Å². The van der Waals surface area contributed by atoms with Crippen LogP contribution in [-0.2, 0) is 19.1 Å². The van der Waals surface area contributed by atoms with E-state index >= 15 is 0 Å². The van der Waals surface area contributed by atoms with E-state index in [0.717, 1.165) is 0 Å². The smallest absolute Gasteiger partial charge is 0.255 e. The van der Waals surface area contributed by atoms with Crippen molar-refractivity contribution in [1.82, 2.24) is 5.32 Å². The van der Waals surface area contributed by atoms with Crippen molar-refractivity contribution >= 4 is 11.6 Å². The van der Waals surface area contributed by atoms with E-state index in [4.69, 9.17) is 9.47 Å². The fourth-order valence-corrected chi connectivity index (χ4v) is 1.52. The quantitative estimate of drug-likeness (QED) is 0.704. The third-order valence-electron chi connectivity index (χ3n) is 2.63. The van der Waals surface area contributed by atoms with Crippen LogP contribution in [0.2, 0.25) is 0 Å². The Hall–Kier alpha value is -1.20. The first-order valence-corrected chi connectivity index (χ1v) is 5.20. The van der Waals surface area contributed by atoms with E-state index in [2.05, 4.69) is 5.32 Å². The van der Waals surface area contributed by atoms with Gasteiger partial charge >= 0.3 is 0 Å². The van der Waals surface area contributed by atoms with E-state index in [9.17, 15) is 9.59 Å². The number of ketones is 2. The minimum absolute atomic E-state index is 0.324. The molecule has 0 spiro atoms. The summed E-state index contributed by atoms with van der Waals surface area (Å²) in [4.78, 5) is 23.6. The molecular weight excluding hydrogens is 210 g/mol. The van der Waals surface area contributed by atoms with Crippen molar-refractivity contribution in [3.05, 3.63) is 11.8 Å². The molecule has 0 amide bonds. The molecule has 1 rings (SSSR count). The second-order valence-electron chi connectivity index (χ2n) is 3.75. The van der Waals surface area contributed by atoms with Gasteiger partial charge in [-0.2, -0.15) is 0 Å². The standard InChI is InChI=1S/C11H17NO4/c1-5-16-11(3)10(14)9(13)8(6-12-11)7(2)15-4/h6-7,12H,5H2,1-4H3. The van der Waals surface area contributed by atoms with Crippen molar-refractivity contribution in [2.75, 3.05) is 13.7 Å². The molecule has 0 saturated heterocycles. The van der Waals surface area contributed by atoms with Crippen molar-refractivity contribution in [1.29, 1.82) is 0 Å². The van der Waals surface area contributed by atoms with Crippen molar-refractivity contribution in [3.8, 4) is 0 Å². The maximum absolute atomic E-state index is 11.8. The third kappa shape index (κ3) is 2.15. The van der Waals surface area contributed by atoms with Crippen LogP contribution in [-0.4, -0.2) is 37.1 Å².